The molecule has 0 saturated carbocycles. The van der Waals surface area contributed by atoms with Gasteiger partial charge in [0.05, 0.1) is 0 Å². The number of ether oxygens (including phenoxy) is 1. The molecule has 2 amide bonds. The number of thiophene rings is 1. The number of halogens is 1. The highest BCUT2D eigenvalue weighted by Gasteiger charge is 2.21. The lowest BCUT2D eigenvalue weighted by Crippen LogP contribution is -2.43. The summed E-state index contributed by atoms with van der Waals surface area (Å²) < 4.78 is 5.04. The van der Waals surface area contributed by atoms with E-state index in [0.29, 0.717) is 21.4 Å². The number of rotatable bonds is 4. The zero-order valence-electron chi connectivity index (χ0n) is 14.7. The third kappa shape index (κ3) is 5.08. The fourth-order valence-corrected chi connectivity index (χ4v) is 4.07. The van der Waals surface area contributed by atoms with Crippen molar-refractivity contribution in [3.05, 3.63) is 56.2 Å². The molecule has 142 valence electrons. The van der Waals surface area contributed by atoms with Crippen molar-refractivity contribution in [1.29, 1.82) is 0 Å². The molecule has 0 radical (unpaired) electrons. The first-order valence-electron chi connectivity index (χ1n) is 8.56. The number of nitrogens with one attached hydrogen (secondary N) is 2. The molecule has 1 atom stereocenters. The highest BCUT2D eigenvalue weighted by atomic mass is 35.5. The first-order valence-corrected chi connectivity index (χ1v) is 9.75. The molecule has 1 heterocycles. The van der Waals surface area contributed by atoms with Crippen molar-refractivity contribution < 1.29 is 19.1 Å². The van der Waals surface area contributed by atoms with Gasteiger partial charge >= 0.3 is 5.97 Å². The smallest absolute Gasteiger partial charge is 0.348 e. The van der Waals surface area contributed by atoms with Crippen LogP contribution in [0.4, 0.5) is 0 Å². The molecule has 27 heavy (non-hydrogen) atoms. The molecule has 0 bridgehead atoms. The molecule has 0 aliphatic heterocycles. The predicted molar refractivity (Wildman–Crippen MR) is 103 cm³/mol. The average Bonchev–Trinajstić information content (AvgIpc) is 3.08. The van der Waals surface area contributed by atoms with Crippen LogP contribution in [0.2, 0.25) is 5.02 Å². The minimum absolute atomic E-state index is 0.343. The molecule has 8 heteroatoms. The maximum Gasteiger partial charge on any atom is 0.348 e. The molecule has 1 aliphatic carbocycles. The minimum Gasteiger partial charge on any atom is -0.451 e. The van der Waals surface area contributed by atoms with E-state index in [9.17, 15) is 14.4 Å². The van der Waals surface area contributed by atoms with Crippen molar-refractivity contribution in [3.63, 3.8) is 0 Å². The fourth-order valence-electron chi connectivity index (χ4n) is 2.84. The maximum absolute atomic E-state index is 12.1. The molecular weight excluding hydrogens is 388 g/mol. The Balaban J connectivity index is 1.45. The normalized spacial score (nSPS) is 15.6. The Morgan fingerprint density at radius 3 is 2.70 bits per heavy atom. The Morgan fingerprint density at radius 1 is 1.22 bits per heavy atom. The largest absolute Gasteiger partial charge is 0.451 e. The zero-order chi connectivity index (χ0) is 19.4. The fraction of sp³-hybridized carbons (Fsp3) is 0.316. The minimum atomic E-state index is -0.624. The van der Waals surface area contributed by atoms with E-state index in [2.05, 4.69) is 17.8 Å². The lowest BCUT2D eigenvalue weighted by molar-refractivity contribution is -0.125. The van der Waals surface area contributed by atoms with E-state index in [0.717, 1.165) is 19.3 Å². The van der Waals surface area contributed by atoms with Gasteiger partial charge in [0.15, 0.2) is 6.61 Å². The lowest BCUT2D eigenvalue weighted by atomic mass is 9.90. The van der Waals surface area contributed by atoms with Gasteiger partial charge in [-0.2, -0.15) is 0 Å². The number of hydrogen-bond acceptors (Lipinski definition) is 5. The monoisotopic (exact) mass is 406 g/mol. The summed E-state index contributed by atoms with van der Waals surface area (Å²) in [4.78, 5) is 37.5. The molecule has 1 aromatic heterocycles. The van der Waals surface area contributed by atoms with Crippen LogP contribution >= 0.6 is 22.9 Å². The Hall–Kier alpha value is -2.38. The van der Waals surface area contributed by atoms with Gasteiger partial charge in [0, 0.05) is 15.5 Å². The van der Waals surface area contributed by atoms with Crippen molar-refractivity contribution in [2.24, 2.45) is 5.92 Å². The Morgan fingerprint density at radius 2 is 1.96 bits per heavy atom. The van der Waals surface area contributed by atoms with Crippen LogP contribution in [-0.4, -0.2) is 24.4 Å². The van der Waals surface area contributed by atoms with Crippen molar-refractivity contribution in [2.75, 3.05) is 6.61 Å². The standard InChI is InChI=1S/C19H19ClN2O4S/c1-11-2-7-15-13(8-11)9-16(27-15)19(25)26-10-17(23)21-22-18(24)12-3-5-14(20)6-4-12/h3-6,9,11H,2,7-8,10H2,1H3,(H,21,23)(H,22,24)/t11-/m0/s1. The Labute approximate surface area is 165 Å². The molecule has 6 nitrogen and oxygen atoms in total. The van der Waals surface area contributed by atoms with Gasteiger partial charge in [0.25, 0.3) is 11.8 Å². The summed E-state index contributed by atoms with van der Waals surface area (Å²) in [6.45, 7) is 1.72. The Kier molecular flexibility index (Phi) is 6.13. The molecule has 0 fully saturated rings. The van der Waals surface area contributed by atoms with E-state index in [1.165, 1.54) is 33.9 Å². The van der Waals surface area contributed by atoms with Crippen LogP contribution in [0.25, 0.3) is 0 Å². The van der Waals surface area contributed by atoms with E-state index in [-0.39, 0.29) is 0 Å². The topological polar surface area (TPSA) is 84.5 Å². The molecule has 0 spiro atoms. The van der Waals surface area contributed by atoms with Crippen LogP contribution in [0.3, 0.4) is 0 Å². The number of carbonyl (C=O) groups excluding carboxylic acids is 3. The first-order chi connectivity index (χ1) is 12.9. The summed E-state index contributed by atoms with van der Waals surface area (Å²) in [5.41, 5.74) is 6.01. The van der Waals surface area contributed by atoms with Crippen molar-refractivity contribution in [2.45, 2.75) is 26.2 Å². The lowest BCUT2D eigenvalue weighted by Gasteiger charge is -2.16. The number of aryl methyl sites for hydroxylation is 1. The number of amides is 2. The van der Waals surface area contributed by atoms with Crippen LogP contribution < -0.4 is 10.9 Å². The maximum atomic E-state index is 12.1. The summed E-state index contributed by atoms with van der Waals surface area (Å²) in [5, 5.41) is 0.507. The van der Waals surface area contributed by atoms with Crippen LogP contribution in [0.5, 0.6) is 0 Å². The second-order valence-electron chi connectivity index (χ2n) is 6.49. The second kappa shape index (κ2) is 8.54. The van der Waals surface area contributed by atoms with Gasteiger partial charge < -0.3 is 4.74 Å². The molecule has 0 unspecified atom stereocenters. The summed E-state index contributed by atoms with van der Waals surface area (Å²) >= 11 is 7.18. The third-order valence-electron chi connectivity index (χ3n) is 4.29. The second-order valence-corrected chi connectivity index (χ2v) is 8.07. The van der Waals surface area contributed by atoms with Crippen LogP contribution in [0.1, 0.15) is 43.8 Å². The van der Waals surface area contributed by atoms with Crippen molar-refractivity contribution in [3.8, 4) is 0 Å². The number of carbonyl (C=O) groups is 3. The van der Waals surface area contributed by atoms with E-state index < -0.39 is 24.4 Å². The van der Waals surface area contributed by atoms with Crippen molar-refractivity contribution in [1.82, 2.24) is 10.9 Å². The number of fused-ring (bicyclic) bond motifs is 1. The zero-order valence-corrected chi connectivity index (χ0v) is 16.3. The van der Waals surface area contributed by atoms with Gasteiger partial charge in [-0.05, 0) is 61.1 Å². The Bertz CT molecular complexity index is 863. The van der Waals surface area contributed by atoms with Gasteiger partial charge in [-0.15, -0.1) is 11.3 Å². The van der Waals surface area contributed by atoms with Crippen molar-refractivity contribution >= 4 is 40.7 Å². The molecule has 3 rings (SSSR count). The van der Waals surface area contributed by atoms with E-state index in [4.69, 9.17) is 16.3 Å². The van der Waals surface area contributed by atoms with Gasteiger partial charge in [-0.25, -0.2) is 4.79 Å². The molecular formula is C19H19ClN2O4S. The highest BCUT2D eigenvalue weighted by Crippen LogP contribution is 2.32. The summed E-state index contributed by atoms with van der Waals surface area (Å²) in [5.74, 6) is -1.03. The molecule has 1 aromatic carbocycles. The third-order valence-corrected chi connectivity index (χ3v) is 5.76. The highest BCUT2D eigenvalue weighted by molar-refractivity contribution is 7.14. The van der Waals surface area contributed by atoms with Crippen LogP contribution in [0, 0.1) is 5.92 Å². The molecule has 2 N–H and O–H groups in total. The SMILES string of the molecule is C[C@H]1CCc2sc(C(=O)OCC(=O)NNC(=O)c3ccc(Cl)cc3)cc2C1. The molecule has 1 aliphatic rings. The van der Waals surface area contributed by atoms with Gasteiger partial charge in [0.2, 0.25) is 0 Å². The average molecular weight is 407 g/mol. The van der Waals surface area contributed by atoms with Gasteiger partial charge in [-0.1, -0.05) is 18.5 Å². The first kappa shape index (κ1) is 19.4. The number of esters is 1. The van der Waals surface area contributed by atoms with Crippen LogP contribution in [-0.2, 0) is 22.4 Å². The molecule has 0 saturated heterocycles. The molecule has 2 aromatic rings. The predicted octanol–water partition coefficient (Wildman–Crippen LogP) is 3.14. The van der Waals surface area contributed by atoms with E-state index in [1.807, 2.05) is 6.07 Å². The number of hydrogen-bond donors (Lipinski definition) is 2. The van der Waals surface area contributed by atoms with E-state index in [1.54, 1.807) is 12.1 Å². The summed E-state index contributed by atoms with van der Waals surface area (Å²) in [7, 11) is 0. The van der Waals surface area contributed by atoms with Crippen LogP contribution in [0.15, 0.2) is 30.3 Å². The number of benzene rings is 1. The quantitative estimate of drug-likeness (QED) is 0.603. The van der Waals surface area contributed by atoms with Gasteiger partial charge in [0.1, 0.15) is 4.88 Å². The van der Waals surface area contributed by atoms with Gasteiger partial charge in [-0.3, -0.25) is 20.4 Å². The number of hydrazine groups is 1. The van der Waals surface area contributed by atoms with E-state index >= 15 is 0 Å². The summed E-state index contributed by atoms with van der Waals surface area (Å²) in [6, 6.07) is 8.06. The summed E-state index contributed by atoms with van der Waals surface area (Å²) in [6.07, 6.45) is 3.07.